The number of epoxide rings is 1. The Balaban J connectivity index is 2.30. The van der Waals surface area contributed by atoms with E-state index >= 15 is 0 Å². The lowest BCUT2D eigenvalue weighted by molar-refractivity contribution is 0.281. The molecule has 0 amide bonds. The predicted octanol–water partition coefficient (Wildman–Crippen LogP) is 2.66. The molecule has 1 heterocycles. The van der Waals surface area contributed by atoms with Gasteiger partial charge in [0.25, 0.3) is 0 Å². The molecule has 0 radical (unpaired) electrons. The van der Waals surface area contributed by atoms with Gasteiger partial charge >= 0.3 is 0 Å². The molecule has 0 N–H and O–H groups in total. The largest absolute Gasteiger partial charge is 0.362 e. The normalized spacial score (nSPS) is 49.1. The van der Waals surface area contributed by atoms with E-state index in [1.165, 1.54) is 11.1 Å². The van der Waals surface area contributed by atoms with E-state index in [0.29, 0.717) is 0 Å². The van der Waals surface area contributed by atoms with E-state index in [9.17, 15) is 0 Å². The van der Waals surface area contributed by atoms with Crippen LogP contribution in [0.4, 0.5) is 0 Å². The maximum Gasteiger partial charge on any atom is 0.0989 e. The number of ether oxygens (including phenoxy) is 1. The monoisotopic (exact) mass is 152 g/mol. The average molecular weight is 152 g/mol. The Kier molecular flexibility index (Phi) is 1.15. The molecule has 0 saturated carbocycles. The summed E-state index contributed by atoms with van der Waals surface area (Å²) >= 11 is 0. The Labute approximate surface area is 68.4 Å². The van der Waals surface area contributed by atoms with Crippen LogP contribution in [0.1, 0.15) is 40.5 Å². The average Bonchev–Trinajstić information content (AvgIpc) is 2.33. The zero-order valence-corrected chi connectivity index (χ0v) is 7.82. The van der Waals surface area contributed by atoms with Gasteiger partial charge in [-0.05, 0) is 40.5 Å². The fourth-order valence-corrected chi connectivity index (χ4v) is 2.23. The Morgan fingerprint density at radius 3 is 1.73 bits per heavy atom. The summed E-state index contributed by atoms with van der Waals surface area (Å²) in [5, 5.41) is 0. The second-order valence-electron chi connectivity index (χ2n) is 4.48. The Hall–Kier alpha value is -0.300. The van der Waals surface area contributed by atoms with Crippen LogP contribution < -0.4 is 0 Å². The van der Waals surface area contributed by atoms with Crippen LogP contribution >= 0.6 is 0 Å². The topological polar surface area (TPSA) is 12.5 Å². The highest BCUT2D eigenvalue weighted by Gasteiger charge is 2.64. The van der Waals surface area contributed by atoms with Crippen LogP contribution in [-0.2, 0) is 4.74 Å². The summed E-state index contributed by atoms with van der Waals surface area (Å²) in [7, 11) is 0. The lowest BCUT2D eigenvalue weighted by atomic mass is 9.79. The maximum atomic E-state index is 5.75. The van der Waals surface area contributed by atoms with Gasteiger partial charge in [-0.1, -0.05) is 11.1 Å². The summed E-state index contributed by atoms with van der Waals surface area (Å²) in [6.07, 6.45) is 2.27. The molecule has 11 heavy (non-hydrogen) atoms. The molecule has 2 atom stereocenters. The molecule has 0 aromatic heterocycles. The highest BCUT2D eigenvalue weighted by atomic mass is 16.6. The van der Waals surface area contributed by atoms with Gasteiger partial charge in [-0.3, -0.25) is 0 Å². The minimum atomic E-state index is 0.177. The summed E-state index contributed by atoms with van der Waals surface area (Å²) in [4.78, 5) is 0. The summed E-state index contributed by atoms with van der Waals surface area (Å²) in [6.45, 7) is 8.90. The van der Waals surface area contributed by atoms with Gasteiger partial charge in [0.1, 0.15) is 0 Å². The van der Waals surface area contributed by atoms with Gasteiger partial charge < -0.3 is 4.74 Å². The second-order valence-corrected chi connectivity index (χ2v) is 4.48. The zero-order chi connectivity index (χ0) is 8.28. The lowest BCUT2D eigenvalue weighted by Crippen LogP contribution is -2.24. The predicted molar refractivity (Wildman–Crippen MR) is 45.5 cm³/mol. The number of rotatable bonds is 0. The standard InChI is InChI=1S/C10H16O/c1-7-5-9(3)10(4,11-9)6-8(7)2/h5-6H2,1-4H3. The molecule has 0 aromatic carbocycles. The maximum absolute atomic E-state index is 5.75. The van der Waals surface area contributed by atoms with E-state index in [0.717, 1.165) is 12.8 Å². The molecule has 2 aliphatic rings. The molecule has 62 valence electrons. The second kappa shape index (κ2) is 1.71. The van der Waals surface area contributed by atoms with E-state index in [2.05, 4.69) is 27.7 Å². The Bertz CT molecular complexity index is 217. The third kappa shape index (κ3) is 0.807. The van der Waals surface area contributed by atoms with Crippen molar-refractivity contribution < 1.29 is 4.74 Å². The fourth-order valence-electron chi connectivity index (χ4n) is 2.23. The summed E-state index contributed by atoms with van der Waals surface area (Å²) in [6, 6.07) is 0. The first-order chi connectivity index (χ1) is 4.97. The van der Waals surface area contributed by atoms with Crippen LogP contribution in [0, 0.1) is 0 Å². The number of hydrogen-bond donors (Lipinski definition) is 0. The first kappa shape index (κ1) is 7.35. The van der Waals surface area contributed by atoms with Gasteiger partial charge in [0.15, 0.2) is 0 Å². The molecular formula is C10H16O. The third-order valence-electron chi connectivity index (χ3n) is 3.46. The van der Waals surface area contributed by atoms with E-state index in [4.69, 9.17) is 4.74 Å². The first-order valence-electron chi connectivity index (χ1n) is 4.32. The molecule has 0 bridgehead atoms. The van der Waals surface area contributed by atoms with Crippen molar-refractivity contribution in [2.24, 2.45) is 0 Å². The van der Waals surface area contributed by atoms with Crippen molar-refractivity contribution in [1.29, 1.82) is 0 Å². The smallest absolute Gasteiger partial charge is 0.0989 e. The summed E-state index contributed by atoms with van der Waals surface area (Å²) < 4.78 is 5.75. The first-order valence-corrected chi connectivity index (χ1v) is 4.32. The van der Waals surface area contributed by atoms with Crippen molar-refractivity contribution >= 4 is 0 Å². The molecule has 1 aliphatic carbocycles. The molecule has 2 rings (SSSR count). The quantitative estimate of drug-likeness (QED) is 0.384. The van der Waals surface area contributed by atoms with Crippen LogP contribution in [-0.4, -0.2) is 11.2 Å². The van der Waals surface area contributed by atoms with Crippen LogP contribution in [0.5, 0.6) is 0 Å². The van der Waals surface area contributed by atoms with Crippen molar-refractivity contribution in [3.8, 4) is 0 Å². The molecular weight excluding hydrogens is 136 g/mol. The zero-order valence-electron chi connectivity index (χ0n) is 7.82. The van der Waals surface area contributed by atoms with Gasteiger partial charge in [-0.15, -0.1) is 0 Å². The highest BCUT2D eigenvalue weighted by Crippen LogP contribution is 2.58. The molecule has 1 heteroatoms. The number of fused-ring (bicyclic) bond motifs is 1. The van der Waals surface area contributed by atoms with Crippen molar-refractivity contribution in [3.05, 3.63) is 11.1 Å². The van der Waals surface area contributed by atoms with Gasteiger partial charge in [0, 0.05) is 0 Å². The summed E-state index contributed by atoms with van der Waals surface area (Å²) in [5.41, 5.74) is 3.41. The van der Waals surface area contributed by atoms with Crippen molar-refractivity contribution in [2.75, 3.05) is 0 Å². The molecule has 1 aliphatic heterocycles. The van der Waals surface area contributed by atoms with Gasteiger partial charge in [0.2, 0.25) is 0 Å². The molecule has 1 fully saturated rings. The Morgan fingerprint density at radius 2 is 1.36 bits per heavy atom. The minimum absolute atomic E-state index is 0.177. The van der Waals surface area contributed by atoms with E-state index < -0.39 is 0 Å². The Morgan fingerprint density at radius 1 is 1.00 bits per heavy atom. The van der Waals surface area contributed by atoms with E-state index in [1.807, 2.05) is 0 Å². The molecule has 0 aromatic rings. The van der Waals surface area contributed by atoms with E-state index in [1.54, 1.807) is 0 Å². The molecule has 1 saturated heterocycles. The molecule has 0 spiro atoms. The molecule has 2 unspecified atom stereocenters. The van der Waals surface area contributed by atoms with Crippen LogP contribution in [0.25, 0.3) is 0 Å². The van der Waals surface area contributed by atoms with Gasteiger partial charge in [0.05, 0.1) is 11.2 Å². The van der Waals surface area contributed by atoms with Crippen molar-refractivity contribution in [1.82, 2.24) is 0 Å². The lowest BCUT2D eigenvalue weighted by Gasteiger charge is -2.21. The van der Waals surface area contributed by atoms with Crippen molar-refractivity contribution in [3.63, 3.8) is 0 Å². The van der Waals surface area contributed by atoms with Crippen LogP contribution in [0.15, 0.2) is 11.1 Å². The SMILES string of the molecule is CC1=C(C)CC2(C)OC2(C)C1. The van der Waals surface area contributed by atoms with Gasteiger partial charge in [-0.2, -0.15) is 0 Å². The molecule has 1 nitrogen and oxygen atoms in total. The fraction of sp³-hybridized carbons (Fsp3) is 0.800. The number of hydrogen-bond acceptors (Lipinski definition) is 1. The minimum Gasteiger partial charge on any atom is -0.362 e. The summed E-state index contributed by atoms with van der Waals surface area (Å²) in [5.74, 6) is 0. The highest BCUT2D eigenvalue weighted by molar-refractivity contribution is 5.30. The van der Waals surface area contributed by atoms with Crippen molar-refractivity contribution in [2.45, 2.75) is 51.7 Å². The van der Waals surface area contributed by atoms with Gasteiger partial charge in [-0.25, -0.2) is 0 Å². The van der Waals surface area contributed by atoms with Crippen LogP contribution in [0.3, 0.4) is 0 Å². The van der Waals surface area contributed by atoms with E-state index in [-0.39, 0.29) is 11.2 Å². The van der Waals surface area contributed by atoms with Crippen LogP contribution in [0.2, 0.25) is 0 Å². The third-order valence-corrected chi connectivity index (χ3v) is 3.46.